The highest BCUT2D eigenvalue weighted by Crippen LogP contribution is 2.23. The van der Waals surface area contributed by atoms with E-state index in [4.69, 9.17) is 0 Å². The van der Waals surface area contributed by atoms with Crippen molar-refractivity contribution in [2.75, 3.05) is 11.9 Å². The predicted molar refractivity (Wildman–Crippen MR) is 102 cm³/mol. The van der Waals surface area contributed by atoms with E-state index in [0.717, 1.165) is 25.0 Å². The van der Waals surface area contributed by atoms with E-state index in [1.54, 1.807) is 16.6 Å². The molecule has 0 unspecified atom stereocenters. The minimum absolute atomic E-state index is 0.00319. The Bertz CT molecular complexity index is 585. The Morgan fingerprint density at radius 1 is 1.28 bits per heavy atom. The summed E-state index contributed by atoms with van der Waals surface area (Å²) in [5.74, 6) is 0.497. The van der Waals surface area contributed by atoms with Crippen LogP contribution in [0, 0.1) is 0 Å². The molecule has 0 atom stereocenters. The first-order chi connectivity index (χ1) is 11.6. The van der Waals surface area contributed by atoms with Crippen LogP contribution in [0.2, 0.25) is 0 Å². The summed E-state index contributed by atoms with van der Waals surface area (Å²) in [7, 11) is 1.81. The van der Waals surface area contributed by atoms with E-state index in [1.165, 1.54) is 0 Å². The molecule has 1 aromatic heterocycles. The van der Waals surface area contributed by atoms with E-state index in [-0.39, 0.29) is 29.8 Å². The first-order valence-corrected chi connectivity index (χ1v) is 9.20. The summed E-state index contributed by atoms with van der Waals surface area (Å²) >= 11 is 0. The van der Waals surface area contributed by atoms with Gasteiger partial charge in [-0.15, -0.1) is 0 Å². The monoisotopic (exact) mass is 350 g/mol. The fourth-order valence-electron chi connectivity index (χ4n) is 2.52. The lowest BCUT2D eigenvalue weighted by Crippen LogP contribution is -2.42. The second-order valence-corrected chi connectivity index (χ2v) is 7.91. The molecule has 0 radical (unpaired) electrons. The topological polar surface area (TPSA) is 67.2 Å². The van der Waals surface area contributed by atoms with E-state index in [9.17, 15) is 9.59 Å². The third kappa shape index (κ3) is 6.52. The van der Waals surface area contributed by atoms with Crippen LogP contribution in [0.15, 0.2) is 6.07 Å². The van der Waals surface area contributed by atoms with E-state index >= 15 is 0 Å². The third-order valence-electron chi connectivity index (χ3n) is 4.17. The molecule has 6 heteroatoms. The van der Waals surface area contributed by atoms with Crippen LogP contribution in [0.5, 0.6) is 0 Å². The smallest absolute Gasteiger partial charge is 0.245 e. The molecule has 1 N–H and O–H groups in total. The minimum Gasteiger partial charge on any atom is -0.331 e. The Hall–Kier alpha value is -1.85. The quantitative estimate of drug-likeness (QED) is 0.730. The molecule has 0 saturated heterocycles. The average Bonchev–Trinajstić information content (AvgIpc) is 2.86. The molecule has 0 aliphatic heterocycles. The number of rotatable bonds is 8. The number of carbonyl (C=O) groups excluding carboxylic acids is 2. The van der Waals surface area contributed by atoms with Crippen LogP contribution in [-0.2, 0) is 22.1 Å². The third-order valence-corrected chi connectivity index (χ3v) is 4.17. The number of nitrogens with one attached hydrogen (secondary N) is 1. The Morgan fingerprint density at radius 3 is 2.40 bits per heavy atom. The van der Waals surface area contributed by atoms with Gasteiger partial charge in [0.1, 0.15) is 12.4 Å². The van der Waals surface area contributed by atoms with Gasteiger partial charge in [0.25, 0.3) is 0 Å². The number of anilines is 1. The van der Waals surface area contributed by atoms with Gasteiger partial charge in [0, 0.05) is 31.0 Å². The summed E-state index contributed by atoms with van der Waals surface area (Å²) in [6, 6.07) is 1.89. The van der Waals surface area contributed by atoms with Gasteiger partial charge < -0.3 is 10.2 Å². The zero-order valence-electron chi connectivity index (χ0n) is 16.8. The molecule has 0 aliphatic rings. The van der Waals surface area contributed by atoms with E-state index in [0.29, 0.717) is 12.2 Å². The number of aromatic nitrogens is 2. The average molecular weight is 351 g/mol. The highest BCUT2D eigenvalue weighted by molar-refractivity contribution is 5.94. The molecule has 0 aromatic carbocycles. The number of hydrogen-bond donors (Lipinski definition) is 1. The Morgan fingerprint density at radius 2 is 1.92 bits per heavy atom. The normalized spacial score (nSPS) is 11.7. The molecule has 0 saturated carbocycles. The molecule has 0 spiro atoms. The van der Waals surface area contributed by atoms with Gasteiger partial charge >= 0.3 is 0 Å². The highest BCUT2D eigenvalue weighted by atomic mass is 16.2. The van der Waals surface area contributed by atoms with Crippen molar-refractivity contribution in [3.8, 4) is 0 Å². The number of unbranched alkanes of at least 4 members (excludes halogenated alkanes) is 2. The SMILES string of the molecule is CCCCCC(=O)N(CC(=O)Nc1cc(C(C)(C)C)nn1C)C(C)C. The lowest BCUT2D eigenvalue weighted by molar-refractivity contribution is -0.136. The molecule has 0 aliphatic carbocycles. The van der Waals surface area contributed by atoms with Crippen LogP contribution >= 0.6 is 0 Å². The van der Waals surface area contributed by atoms with Gasteiger partial charge in [0.15, 0.2) is 0 Å². The fourth-order valence-corrected chi connectivity index (χ4v) is 2.52. The summed E-state index contributed by atoms with van der Waals surface area (Å²) in [6.07, 6.45) is 3.48. The number of carbonyl (C=O) groups is 2. The molecule has 1 rings (SSSR count). The van der Waals surface area contributed by atoms with Crippen LogP contribution in [-0.4, -0.2) is 39.1 Å². The molecular weight excluding hydrogens is 316 g/mol. The summed E-state index contributed by atoms with van der Waals surface area (Å²) in [4.78, 5) is 26.4. The van der Waals surface area contributed by atoms with Crippen molar-refractivity contribution in [1.29, 1.82) is 0 Å². The van der Waals surface area contributed by atoms with Crippen molar-refractivity contribution in [2.24, 2.45) is 7.05 Å². The van der Waals surface area contributed by atoms with Crippen molar-refractivity contribution in [2.45, 2.75) is 78.7 Å². The number of aryl methyl sites for hydroxylation is 1. The van der Waals surface area contributed by atoms with Gasteiger partial charge in [-0.1, -0.05) is 40.5 Å². The lowest BCUT2D eigenvalue weighted by Gasteiger charge is -2.26. The first kappa shape index (κ1) is 21.2. The van der Waals surface area contributed by atoms with E-state index < -0.39 is 0 Å². The molecule has 142 valence electrons. The van der Waals surface area contributed by atoms with Crippen LogP contribution in [0.1, 0.15) is 72.9 Å². The predicted octanol–water partition coefficient (Wildman–Crippen LogP) is 3.47. The Kier molecular flexibility index (Phi) is 7.64. The van der Waals surface area contributed by atoms with Gasteiger partial charge in [-0.2, -0.15) is 5.10 Å². The molecule has 25 heavy (non-hydrogen) atoms. The first-order valence-electron chi connectivity index (χ1n) is 9.20. The fraction of sp³-hybridized carbons (Fsp3) is 0.737. The minimum atomic E-state index is -0.194. The van der Waals surface area contributed by atoms with Crippen LogP contribution < -0.4 is 5.32 Å². The number of hydrogen-bond acceptors (Lipinski definition) is 3. The van der Waals surface area contributed by atoms with Crippen LogP contribution in [0.3, 0.4) is 0 Å². The largest absolute Gasteiger partial charge is 0.331 e. The maximum atomic E-state index is 12.4. The van der Waals surface area contributed by atoms with Gasteiger partial charge in [-0.3, -0.25) is 14.3 Å². The maximum Gasteiger partial charge on any atom is 0.245 e. The van der Waals surface area contributed by atoms with Crippen LogP contribution in [0.25, 0.3) is 0 Å². The van der Waals surface area contributed by atoms with Gasteiger partial charge in [0.2, 0.25) is 11.8 Å². The molecular formula is C19H34N4O2. The maximum absolute atomic E-state index is 12.4. The van der Waals surface area contributed by atoms with Crippen molar-refractivity contribution in [3.05, 3.63) is 11.8 Å². The number of amides is 2. The summed E-state index contributed by atoms with van der Waals surface area (Å²) in [5, 5.41) is 7.33. The standard InChI is InChI=1S/C19H34N4O2/c1-8-9-10-11-18(25)23(14(2)3)13-17(24)20-16-12-15(19(4,5)6)21-22(16)7/h12,14H,8-11,13H2,1-7H3,(H,20,24). The molecule has 1 heterocycles. The van der Waals surface area contributed by atoms with E-state index in [2.05, 4.69) is 38.1 Å². The van der Waals surface area contributed by atoms with Gasteiger partial charge in [0.05, 0.1) is 5.69 Å². The second kappa shape index (κ2) is 9.02. The second-order valence-electron chi connectivity index (χ2n) is 7.91. The van der Waals surface area contributed by atoms with Gasteiger partial charge in [-0.25, -0.2) is 0 Å². The summed E-state index contributed by atoms with van der Waals surface area (Å²) in [6.45, 7) is 12.3. The molecule has 2 amide bonds. The Balaban J connectivity index is 2.72. The van der Waals surface area contributed by atoms with Crippen molar-refractivity contribution in [3.63, 3.8) is 0 Å². The number of nitrogens with zero attached hydrogens (tertiary/aromatic N) is 3. The Labute approximate surface area is 152 Å². The van der Waals surface area contributed by atoms with E-state index in [1.807, 2.05) is 19.9 Å². The summed E-state index contributed by atoms with van der Waals surface area (Å²) < 4.78 is 1.67. The van der Waals surface area contributed by atoms with Crippen molar-refractivity contribution >= 4 is 17.6 Å². The van der Waals surface area contributed by atoms with Crippen LogP contribution in [0.4, 0.5) is 5.82 Å². The highest BCUT2D eigenvalue weighted by Gasteiger charge is 2.22. The summed E-state index contributed by atoms with van der Waals surface area (Å²) in [5.41, 5.74) is 0.835. The van der Waals surface area contributed by atoms with Crippen molar-refractivity contribution in [1.82, 2.24) is 14.7 Å². The molecule has 6 nitrogen and oxygen atoms in total. The lowest BCUT2D eigenvalue weighted by atomic mass is 9.92. The zero-order valence-corrected chi connectivity index (χ0v) is 16.8. The zero-order chi connectivity index (χ0) is 19.2. The van der Waals surface area contributed by atoms with Crippen molar-refractivity contribution < 1.29 is 9.59 Å². The van der Waals surface area contributed by atoms with Gasteiger partial charge in [-0.05, 0) is 20.3 Å². The molecule has 1 aromatic rings. The molecule has 0 bridgehead atoms. The molecule has 0 fully saturated rings.